The Kier molecular flexibility index (Phi) is 5.59. The SMILES string of the molecule is CCCCC(CC)(CCC)c1ccccc1. The molecule has 16 heavy (non-hydrogen) atoms. The van der Waals surface area contributed by atoms with E-state index in [1.54, 1.807) is 5.56 Å². The first-order valence-electron chi connectivity index (χ1n) is 6.84. The molecule has 1 aromatic rings. The van der Waals surface area contributed by atoms with Gasteiger partial charge in [0.1, 0.15) is 0 Å². The molecule has 1 rings (SSSR count). The molecule has 0 bridgehead atoms. The normalized spacial score (nSPS) is 14.7. The van der Waals surface area contributed by atoms with Crippen LogP contribution in [0.2, 0.25) is 0 Å². The summed E-state index contributed by atoms with van der Waals surface area (Å²) in [5.74, 6) is 0. The van der Waals surface area contributed by atoms with Crippen LogP contribution in [0.15, 0.2) is 30.3 Å². The van der Waals surface area contributed by atoms with E-state index in [-0.39, 0.29) is 0 Å². The third kappa shape index (κ3) is 3.10. The average molecular weight is 218 g/mol. The summed E-state index contributed by atoms with van der Waals surface area (Å²) >= 11 is 0. The highest BCUT2D eigenvalue weighted by Gasteiger charge is 2.28. The third-order valence-electron chi connectivity index (χ3n) is 3.80. The van der Waals surface area contributed by atoms with Gasteiger partial charge in [-0.2, -0.15) is 0 Å². The van der Waals surface area contributed by atoms with E-state index in [4.69, 9.17) is 0 Å². The fraction of sp³-hybridized carbons (Fsp3) is 0.625. The lowest BCUT2D eigenvalue weighted by Gasteiger charge is -2.33. The van der Waals surface area contributed by atoms with Gasteiger partial charge in [0.15, 0.2) is 0 Å². The Morgan fingerprint density at radius 2 is 1.56 bits per heavy atom. The van der Waals surface area contributed by atoms with Crippen LogP contribution in [0.5, 0.6) is 0 Å². The Hall–Kier alpha value is -0.780. The van der Waals surface area contributed by atoms with Crippen molar-refractivity contribution in [1.82, 2.24) is 0 Å². The number of hydrogen-bond acceptors (Lipinski definition) is 0. The molecule has 0 radical (unpaired) electrons. The maximum atomic E-state index is 2.35. The zero-order valence-electron chi connectivity index (χ0n) is 11.1. The molecule has 1 atom stereocenters. The van der Waals surface area contributed by atoms with Gasteiger partial charge in [0.2, 0.25) is 0 Å². The molecule has 0 amide bonds. The minimum Gasteiger partial charge on any atom is -0.0654 e. The van der Waals surface area contributed by atoms with Crippen LogP contribution in [-0.4, -0.2) is 0 Å². The zero-order valence-corrected chi connectivity index (χ0v) is 11.1. The lowest BCUT2D eigenvalue weighted by atomic mass is 9.71. The standard InChI is InChI=1S/C16H26/c1-4-7-14-16(6-3,13-5-2)15-11-9-8-10-12-15/h8-12H,4-7,13-14H2,1-3H3. The summed E-state index contributed by atoms with van der Waals surface area (Å²) in [6, 6.07) is 11.1. The third-order valence-corrected chi connectivity index (χ3v) is 3.80. The van der Waals surface area contributed by atoms with Gasteiger partial charge in [-0.3, -0.25) is 0 Å². The van der Waals surface area contributed by atoms with Crippen molar-refractivity contribution in [2.45, 2.75) is 64.7 Å². The van der Waals surface area contributed by atoms with Crippen molar-refractivity contribution < 1.29 is 0 Å². The summed E-state index contributed by atoms with van der Waals surface area (Å²) in [6.07, 6.45) is 7.88. The van der Waals surface area contributed by atoms with E-state index in [1.165, 1.54) is 38.5 Å². The molecule has 0 saturated heterocycles. The average Bonchev–Trinajstić information content (AvgIpc) is 2.36. The Balaban J connectivity index is 2.92. The van der Waals surface area contributed by atoms with Crippen molar-refractivity contribution in [2.24, 2.45) is 0 Å². The van der Waals surface area contributed by atoms with Crippen LogP contribution in [0, 0.1) is 0 Å². The van der Waals surface area contributed by atoms with Gasteiger partial charge in [-0.05, 0) is 30.2 Å². The summed E-state index contributed by atoms with van der Waals surface area (Å²) in [5.41, 5.74) is 1.99. The van der Waals surface area contributed by atoms with E-state index in [0.717, 1.165) is 0 Å². The summed E-state index contributed by atoms with van der Waals surface area (Å²) in [6.45, 7) is 6.94. The van der Waals surface area contributed by atoms with Crippen LogP contribution in [0.3, 0.4) is 0 Å². The van der Waals surface area contributed by atoms with Gasteiger partial charge >= 0.3 is 0 Å². The fourth-order valence-corrected chi connectivity index (χ4v) is 2.76. The molecule has 0 aromatic heterocycles. The predicted octanol–water partition coefficient (Wildman–Crippen LogP) is 5.32. The molecule has 0 aliphatic rings. The molecule has 0 saturated carbocycles. The molecule has 0 aliphatic carbocycles. The topological polar surface area (TPSA) is 0 Å². The number of benzene rings is 1. The minimum atomic E-state index is 0.437. The Bertz CT molecular complexity index is 275. The molecule has 90 valence electrons. The minimum absolute atomic E-state index is 0.437. The molecule has 1 unspecified atom stereocenters. The van der Waals surface area contributed by atoms with Crippen LogP contribution < -0.4 is 0 Å². The second kappa shape index (κ2) is 6.73. The lowest BCUT2D eigenvalue weighted by Crippen LogP contribution is -2.25. The molecular formula is C16H26. The molecule has 0 N–H and O–H groups in total. The highest BCUT2D eigenvalue weighted by Crippen LogP contribution is 2.37. The molecular weight excluding hydrogens is 192 g/mol. The molecule has 0 spiro atoms. The zero-order chi connectivity index (χ0) is 11.9. The maximum Gasteiger partial charge on any atom is -0.00497 e. The van der Waals surface area contributed by atoms with Crippen LogP contribution in [-0.2, 0) is 5.41 Å². The van der Waals surface area contributed by atoms with Crippen molar-refractivity contribution in [1.29, 1.82) is 0 Å². The number of hydrogen-bond donors (Lipinski definition) is 0. The first-order valence-corrected chi connectivity index (χ1v) is 6.84. The number of unbranched alkanes of at least 4 members (excludes halogenated alkanes) is 1. The van der Waals surface area contributed by atoms with E-state index in [1.807, 2.05) is 0 Å². The summed E-state index contributed by atoms with van der Waals surface area (Å²) in [7, 11) is 0. The highest BCUT2D eigenvalue weighted by molar-refractivity contribution is 5.25. The second-order valence-electron chi connectivity index (χ2n) is 4.85. The van der Waals surface area contributed by atoms with Crippen molar-refractivity contribution >= 4 is 0 Å². The van der Waals surface area contributed by atoms with Crippen molar-refractivity contribution in [3.63, 3.8) is 0 Å². The lowest BCUT2D eigenvalue weighted by molar-refractivity contribution is 0.336. The van der Waals surface area contributed by atoms with Crippen molar-refractivity contribution in [3.8, 4) is 0 Å². The monoisotopic (exact) mass is 218 g/mol. The summed E-state index contributed by atoms with van der Waals surface area (Å²) in [4.78, 5) is 0. The number of rotatable bonds is 7. The predicted molar refractivity (Wildman–Crippen MR) is 72.8 cm³/mol. The fourth-order valence-electron chi connectivity index (χ4n) is 2.76. The maximum absolute atomic E-state index is 2.35. The molecule has 0 heteroatoms. The summed E-state index contributed by atoms with van der Waals surface area (Å²) in [5, 5.41) is 0. The van der Waals surface area contributed by atoms with E-state index in [0.29, 0.717) is 5.41 Å². The molecule has 1 aromatic carbocycles. The Labute approximate surface area is 101 Å². The quantitative estimate of drug-likeness (QED) is 0.580. The van der Waals surface area contributed by atoms with Gasteiger partial charge in [-0.15, -0.1) is 0 Å². The van der Waals surface area contributed by atoms with Gasteiger partial charge in [-0.25, -0.2) is 0 Å². The van der Waals surface area contributed by atoms with Gasteiger partial charge in [0.05, 0.1) is 0 Å². The highest BCUT2D eigenvalue weighted by atomic mass is 14.3. The van der Waals surface area contributed by atoms with Crippen LogP contribution in [0.25, 0.3) is 0 Å². The summed E-state index contributed by atoms with van der Waals surface area (Å²) < 4.78 is 0. The molecule has 0 heterocycles. The van der Waals surface area contributed by atoms with Gasteiger partial charge in [0, 0.05) is 0 Å². The Morgan fingerprint density at radius 1 is 0.875 bits per heavy atom. The van der Waals surface area contributed by atoms with Gasteiger partial charge in [0.25, 0.3) is 0 Å². The first-order chi connectivity index (χ1) is 7.79. The van der Waals surface area contributed by atoms with E-state index < -0.39 is 0 Å². The van der Waals surface area contributed by atoms with Crippen molar-refractivity contribution in [3.05, 3.63) is 35.9 Å². The van der Waals surface area contributed by atoms with Gasteiger partial charge in [-0.1, -0.05) is 70.4 Å². The van der Waals surface area contributed by atoms with E-state index in [2.05, 4.69) is 51.1 Å². The van der Waals surface area contributed by atoms with E-state index in [9.17, 15) is 0 Å². The first kappa shape index (κ1) is 13.3. The molecule has 0 nitrogen and oxygen atoms in total. The van der Waals surface area contributed by atoms with Gasteiger partial charge < -0.3 is 0 Å². The molecule has 0 fully saturated rings. The van der Waals surface area contributed by atoms with Crippen LogP contribution in [0.4, 0.5) is 0 Å². The van der Waals surface area contributed by atoms with E-state index >= 15 is 0 Å². The van der Waals surface area contributed by atoms with Crippen molar-refractivity contribution in [2.75, 3.05) is 0 Å². The Morgan fingerprint density at radius 3 is 2.06 bits per heavy atom. The smallest absolute Gasteiger partial charge is 0.00497 e. The largest absolute Gasteiger partial charge is 0.0654 e. The molecule has 0 aliphatic heterocycles. The van der Waals surface area contributed by atoms with Crippen LogP contribution >= 0.6 is 0 Å². The second-order valence-corrected chi connectivity index (χ2v) is 4.85. The van der Waals surface area contributed by atoms with Crippen LogP contribution in [0.1, 0.15) is 64.9 Å².